The van der Waals surface area contributed by atoms with E-state index in [2.05, 4.69) is 127 Å². The zero-order valence-corrected chi connectivity index (χ0v) is 54.3. The van der Waals surface area contributed by atoms with Crippen LogP contribution in [0.2, 0.25) is 0 Å². The minimum Gasteiger partial charge on any atom is -0.505 e. The minimum atomic E-state index is 0. The van der Waals surface area contributed by atoms with Crippen LogP contribution in [0.25, 0.3) is 98.0 Å². The summed E-state index contributed by atoms with van der Waals surface area (Å²) in [6.07, 6.45) is 0. The molecule has 0 saturated heterocycles. The van der Waals surface area contributed by atoms with Crippen LogP contribution in [0, 0.1) is 248 Å². The summed E-state index contributed by atoms with van der Waals surface area (Å²) in [5.41, 5.74) is 7.11. The van der Waals surface area contributed by atoms with Crippen molar-refractivity contribution < 1.29 is 262 Å². The molecule has 3 nitrogen and oxygen atoms in total. The Morgan fingerprint density at radius 3 is 0.737 bits per heavy atom. The van der Waals surface area contributed by atoms with Gasteiger partial charge in [0.25, 0.3) is 0 Å². The van der Waals surface area contributed by atoms with Crippen LogP contribution in [0.4, 0.5) is 0 Å². The first kappa shape index (κ1) is 51.4. The first-order valence-electron chi connectivity index (χ1n) is 17.2. The van der Waals surface area contributed by atoms with Crippen molar-refractivity contribution in [2.24, 2.45) is 0 Å². The van der Waals surface area contributed by atoms with Crippen LogP contribution in [0.3, 0.4) is 0 Å². The second-order valence-corrected chi connectivity index (χ2v) is 13.5. The molecule has 0 aliphatic rings. The monoisotopic (exact) mass is 1500 g/mol. The third-order valence-electron chi connectivity index (χ3n) is 10.7. The van der Waals surface area contributed by atoms with E-state index >= 15 is 0 Å². The van der Waals surface area contributed by atoms with E-state index in [9.17, 15) is 0 Å². The van der Waals surface area contributed by atoms with Crippen molar-refractivity contribution in [1.29, 1.82) is 0 Å². The first-order valence-corrected chi connectivity index (χ1v) is 17.2. The van der Waals surface area contributed by atoms with Crippen LogP contribution >= 0.6 is 0 Å². The molecule has 57 heavy (non-hydrogen) atoms. The van der Waals surface area contributed by atoms with Crippen LogP contribution < -0.4 is 14.2 Å². The normalized spacial score (nSPS) is 10.6. The number of hydrogen-bond acceptors (Lipinski definition) is 3. The molecule has 0 saturated carbocycles. The Morgan fingerprint density at radius 1 is 0.263 bits per heavy atom. The summed E-state index contributed by atoms with van der Waals surface area (Å²) in [5.74, 6) is 2.62. The molecule has 0 amide bonds. The summed E-state index contributed by atoms with van der Waals surface area (Å²) in [5, 5.41) is 14.7. The van der Waals surface area contributed by atoms with Crippen molar-refractivity contribution in [2.75, 3.05) is 21.3 Å². The molecule has 0 aliphatic carbocycles. The van der Waals surface area contributed by atoms with E-state index in [0.717, 1.165) is 17.2 Å². The number of benzene rings is 7. The van der Waals surface area contributed by atoms with Crippen LogP contribution in [0.1, 0.15) is 0 Å². The molecule has 0 aromatic heterocycles. The van der Waals surface area contributed by atoms with Gasteiger partial charge in [0.15, 0.2) is 0 Å². The molecular weight excluding hydrogens is 1470 g/mol. The summed E-state index contributed by atoms with van der Waals surface area (Å²) < 4.78 is 16.6. The van der Waals surface area contributed by atoms with Crippen molar-refractivity contribution in [1.82, 2.24) is 0 Å². The van der Waals surface area contributed by atoms with Gasteiger partial charge >= 0.3 is 0 Å². The van der Waals surface area contributed by atoms with E-state index in [4.69, 9.17) is 14.2 Å². The zero-order valence-electron chi connectivity index (χ0n) is 32.0. The zero-order chi connectivity index (χ0) is 34.2. The molecule has 0 spiro atoms. The molecule has 10 aromatic carbocycles. The molecule has 6 radical (unpaired) electrons. The molecule has 0 aliphatic heterocycles. The van der Waals surface area contributed by atoms with Gasteiger partial charge in [-0.3, -0.25) is 0 Å². The number of rotatable bonds is 6. The van der Waals surface area contributed by atoms with Crippen molar-refractivity contribution in [3.05, 3.63) is 146 Å². The summed E-state index contributed by atoms with van der Waals surface area (Å²) in [6.45, 7) is 0. The smallest absolute Gasteiger partial charge is 0.0857 e. The predicted octanol–water partition coefficient (Wildman–Crippen LogP) is 12.8. The Bertz CT molecular complexity index is 2680. The third-order valence-corrected chi connectivity index (χ3v) is 10.7. The third kappa shape index (κ3) is 10.0. The van der Waals surface area contributed by atoms with Crippen LogP contribution in [0.5, 0.6) is 17.2 Å². The van der Waals surface area contributed by atoms with E-state index in [0.29, 0.717) is 0 Å². The number of hydrogen-bond donors (Lipinski definition) is 0. The molecular formula is C48H33O3Pr6-3. The van der Waals surface area contributed by atoms with E-state index < -0.39 is 0 Å². The second kappa shape index (κ2) is 22.1. The second-order valence-electron chi connectivity index (χ2n) is 13.5. The topological polar surface area (TPSA) is 27.7 Å². The number of methoxy groups -OCH3 is 3. The van der Waals surface area contributed by atoms with E-state index in [1.807, 2.05) is 18.2 Å². The fourth-order valence-corrected chi connectivity index (χ4v) is 8.05. The summed E-state index contributed by atoms with van der Waals surface area (Å²) in [6, 6.07) is 53.3. The molecule has 264 valence electrons. The van der Waals surface area contributed by atoms with Crippen LogP contribution in [0.15, 0.2) is 146 Å². The van der Waals surface area contributed by atoms with Gasteiger partial charge in [0.05, 0.1) is 38.6 Å². The Morgan fingerprint density at radius 2 is 0.491 bits per heavy atom. The van der Waals surface area contributed by atoms with Crippen molar-refractivity contribution >= 4 is 64.6 Å². The molecule has 0 atom stereocenters. The van der Waals surface area contributed by atoms with Gasteiger partial charge in [-0.25, -0.2) is 0 Å². The van der Waals surface area contributed by atoms with Gasteiger partial charge in [-0.1, -0.05) is 89.5 Å². The van der Waals surface area contributed by atoms with E-state index in [1.165, 1.54) is 98.0 Å². The SMILES string of the molecule is COc1ccc2c(c1)[cH-]c1cc(-c3cc(-c4ccc5c(c4)[cH-]c4cc(OC)ccc45)cc(-c4ccc5c(c4)[cH-]c4cc(OC)ccc45)c3)ccc12.[Pr].[Pr].[Pr].[Pr].[Pr].[Pr]. The Labute approximate surface area is 532 Å². The van der Waals surface area contributed by atoms with Crippen LogP contribution in [-0.2, 0) is 0 Å². The van der Waals surface area contributed by atoms with Crippen molar-refractivity contribution in [3.63, 3.8) is 0 Å². The fraction of sp³-hybridized carbons (Fsp3) is 0.0625. The first-order chi connectivity index (χ1) is 25.0. The summed E-state index contributed by atoms with van der Waals surface area (Å²) >= 11 is 0. The summed E-state index contributed by atoms with van der Waals surface area (Å²) in [7, 11) is 5.16. The van der Waals surface area contributed by atoms with Gasteiger partial charge < -0.3 is 14.2 Å². The Kier molecular flexibility index (Phi) is 19.9. The quantitative estimate of drug-likeness (QED) is 0.155. The van der Waals surface area contributed by atoms with Gasteiger partial charge in [-0.2, -0.15) is 0 Å². The van der Waals surface area contributed by atoms with E-state index in [-0.39, 0.29) is 248 Å². The maximum Gasteiger partial charge on any atom is 0.0857 e. The number of fused-ring (bicyclic) bond motifs is 9. The Balaban J connectivity index is 0.00000120. The molecule has 0 fully saturated rings. The average Bonchev–Trinajstić information content (AvgIpc) is 3.86. The maximum atomic E-state index is 5.52. The maximum absolute atomic E-state index is 5.52. The average molecular weight is 1500 g/mol. The van der Waals surface area contributed by atoms with Gasteiger partial charge in [-0.15, -0.1) is 101 Å². The molecule has 0 bridgehead atoms. The number of ether oxygens (including phenoxy) is 3. The largest absolute Gasteiger partial charge is 0.505 e. The van der Waals surface area contributed by atoms with E-state index in [1.54, 1.807) is 21.3 Å². The van der Waals surface area contributed by atoms with Gasteiger partial charge in [0, 0.05) is 248 Å². The predicted molar refractivity (Wildman–Crippen MR) is 214 cm³/mol. The standard InChI is InChI=1S/C48H33O3.6Pr/c1-49-40-7-13-46-37(25-40)22-34-16-28(4-10-43(34)46)31-19-32(29-5-11-44-35(17-29)23-38-26-41(50-2)8-14-47(38)44)21-33(20-31)30-6-12-45-36(18-30)24-39-27-42(51-3)9-15-48(39)45;;;;;;/h4-27H,1-3H3;;;;;;/q-3;;;;;;. The van der Waals surface area contributed by atoms with Crippen LogP contribution in [-0.4, -0.2) is 21.3 Å². The van der Waals surface area contributed by atoms with Crippen molar-refractivity contribution in [2.45, 2.75) is 0 Å². The molecule has 9 heteroatoms. The molecule has 10 rings (SSSR count). The van der Waals surface area contributed by atoms with Gasteiger partial charge in [-0.05, 0) is 53.1 Å². The minimum absolute atomic E-state index is 0. The Hall–Kier alpha value is 1.73. The summed E-state index contributed by atoms with van der Waals surface area (Å²) in [4.78, 5) is 0. The van der Waals surface area contributed by atoms with Crippen molar-refractivity contribution in [3.8, 4) is 50.6 Å². The fourth-order valence-electron chi connectivity index (χ4n) is 8.05. The molecule has 0 N–H and O–H groups in total. The van der Waals surface area contributed by atoms with Gasteiger partial charge in [0.2, 0.25) is 0 Å². The van der Waals surface area contributed by atoms with Gasteiger partial charge in [0.1, 0.15) is 0 Å². The molecule has 0 heterocycles. The molecule has 10 aromatic rings. The molecule has 0 unspecified atom stereocenters.